The third-order valence-corrected chi connectivity index (χ3v) is 12.9. The van der Waals surface area contributed by atoms with Crippen LogP contribution in [0.1, 0.15) is 27.8 Å². The molecule has 0 aliphatic carbocycles. The Balaban J connectivity index is 0.000000158. The third kappa shape index (κ3) is 7.26. The Morgan fingerprint density at radius 1 is 0.629 bits per heavy atom. The second-order valence-corrected chi connectivity index (χ2v) is 17.4. The summed E-state index contributed by atoms with van der Waals surface area (Å²) in [6.45, 7) is 10.1. The van der Waals surface area contributed by atoms with E-state index in [1.807, 2.05) is 61.8 Å². The fourth-order valence-corrected chi connectivity index (χ4v) is 9.20. The fraction of sp³-hybridized carbons (Fsp3) is 0.149. The predicted octanol–water partition coefficient (Wildman–Crippen LogP) is 10.4. The molecule has 10 aromatic rings. The SMILES string of the molecule is COc1cc2[nH]c(-c3cnc4ccc(Nc5ccc(C)c(C)c5)nn34)cc2cc1C.COc1cc2c(cc1C)cc(-c1cnc3ccc(Cl)nn13)n2S(=O)(=O)c1ccc(C)cc1. The Kier molecular flexibility index (Phi) is 10.2. The molecule has 2 N–H and O–H groups in total. The number of anilines is 2. The van der Waals surface area contributed by atoms with Crippen LogP contribution < -0.4 is 14.8 Å². The van der Waals surface area contributed by atoms with Gasteiger partial charge in [0.25, 0.3) is 10.0 Å². The summed E-state index contributed by atoms with van der Waals surface area (Å²) < 4.78 is 43.4. The molecule has 0 fully saturated rings. The van der Waals surface area contributed by atoms with Gasteiger partial charge in [-0.2, -0.15) is 5.10 Å². The lowest BCUT2D eigenvalue weighted by molar-refractivity contribution is 0.412. The molecule has 0 spiro atoms. The number of hydrogen-bond acceptors (Lipinski definition) is 9. The molecule has 10 rings (SSSR count). The smallest absolute Gasteiger partial charge is 0.268 e. The average Bonchev–Trinajstić information content (AvgIpc) is 4.05. The summed E-state index contributed by atoms with van der Waals surface area (Å²) in [4.78, 5) is 12.5. The first kappa shape index (κ1) is 40.3. The summed E-state index contributed by atoms with van der Waals surface area (Å²) in [6, 6.07) is 32.1. The van der Waals surface area contributed by atoms with Crippen molar-refractivity contribution in [2.75, 3.05) is 19.5 Å². The second-order valence-electron chi connectivity index (χ2n) is 15.2. The summed E-state index contributed by atoms with van der Waals surface area (Å²) in [5.41, 5.74) is 12.2. The number of fused-ring (bicyclic) bond motifs is 4. The lowest BCUT2D eigenvalue weighted by Gasteiger charge is -2.13. The van der Waals surface area contributed by atoms with Crippen molar-refractivity contribution < 1.29 is 17.9 Å². The van der Waals surface area contributed by atoms with E-state index in [4.69, 9.17) is 26.2 Å². The second kappa shape index (κ2) is 15.7. The minimum atomic E-state index is -3.95. The number of ether oxygens (including phenoxy) is 2. The van der Waals surface area contributed by atoms with Crippen LogP contribution in [0.4, 0.5) is 11.5 Å². The van der Waals surface area contributed by atoms with Gasteiger partial charge in [-0.3, -0.25) is 0 Å². The number of nitrogens with one attached hydrogen (secondary N) is 2. The molecule has 0 atom stereocenters. The Morgan fingerprint density at radius 3 is 2.00 bits per heavy atom. The summed E-state index contributed by atoms with van der Waals surface area (Å²) in [5, 5.41) is 14.7. The summed E-state index contributed by atoms with van der Waals surface area (Å²) in [6.07, 6.45) is 3.44. The predicted molar refractivity (Wildman–Crippen MR) is 245 cm³/mol. The molecule has 15 heteroatoms. The molecule has 0 aliphatic rings. The standard InChI is InChI=1S/C24H23N5O.C23H19ClN4O3S/c1-14-5-6-18(10-15(14)2)26-23-7-8-24-25-13-21(29(24)28-23)20-11-17-9-16(3)22(30-4)12-19(17)27-20;1-14-4-6-17(7-5-14)32(29,30)28-18-12-21(31-3)15(2)10-16(18)11-19(28)20-13-25-23-9-8-22(24)26-27(20)23/h5-13,27H,1-4H3,(H,26,28);4-13H,1-3H3. The van der Waals surface area contributed by atoms with Gasteiger partial charge in [-0.25, -0.2) is 31.4 Å². The van der Waals surface area contributed by atoms with Gasteiger partial charge in [0, 0.05) is 34.1 Å². The van der Waals surface area contributed by atoms with E-state index in [0.29, 0.717) is 28.3 Å². The van der Waals surface area contributed by atoms with Gasteiger partial charge in [-0.1, -0.05) is 35.4 Å². The molecule has 13 nitrogen and oxygen atoms in total. The molecule has 6 heterocycles. The van der Waals surface area contributed by atoms with Crippen LogP contribution >= 0.6 is 11.6 Å². The van der Waals surface area contributed by atoms with Crippen molar-refractivity contribution >= 4 is 66.2 Å². The van der Waals surface area contributed by atoms with Gasteiger partial charge < -0.3 is 19.8 Å². The van der Waals surface area contributed by atoms with Crippen molar-refractivity contribution in [1.82, 2.24) is 38.2 Å². The zero-order valence-corrected chi connectivity index (χ0v) is 36.6. The number of benzene rings is 4. The van der Waals surface area contributed by atoms with E-state index < -0.39 is 10.0 Å². The summed E-state index contributed by atoms with van der Waals surface area (Å²) in [5.74, 6) is 2.23. The van der Waals surface area contributed by atoms with Gasteiger partial charge in [0.2, 0.25) is 0 Å². The highest BCUT2D eigenvalue weighted by molar-refractivity contribution is 7.90. The van der Waals surface area contributed by atoms with Crippen molar-refractivity contribution in [1.29, 1.82) is 0 Å². The van der Waals surface area contributed by atoms with Gasteiger partial charge >= 0.3 is 0 Å². The monoisotopic (exact) mass is 863 g/mol. The van der Waals surface area contributed by atoms with Gasteiger partial charge in [-0.15, -0.1) is 5.10 Å². The first-order valence-corrected chi connectivity index (χ1v) is 21.5. The van der Waals surface area contributed by atoms with E-state index in [1.165, 1.54) is 15.1 Å². The van der Waals surface area contributed by atoms with Crippen molar-refractivity contribution in [2.24, 2.45) is 0 Å². The van der Waals surface area contributed by atoms with E-state index in [9.17, 15) is 8.42 Å². The minimum Gasteiger partial charge on any atom is -0.496 e. The van der Waals surface area contributed by atoms with E-state index in [0.717, 1.165) is 67.3 Å². The Bertz CT molecular complexity index is 3460. The van der Waals surface area contributed by atoms with Crippen LogP contribution in [0.5, 0.6) is 11.5 Å². The number of rotatable bonds is 8. The van der Waals surface area contributed by atoms with E-state index in [2.05, 4.69) is 69.5 Å². The average molecular weight is 864 g/mol. The molecule has 0 saturated carbocycles. The molecule has 0 amide bonds. The first-order chi connectivity index (χ1) is 29.8. The molecule has 0 radical (unpaired) electrons. The Hall–Kier alpha value is -7.16. The largest absolute Gasteiger partial charge is 0.496 e. The maximum absolute atomic E-state index is 13.9. The van der Waals surface area contributed by atoms with Crippen LogP contribution in [-0.4, -0.2) is 60.8 Å². The lowest BCUT2D eigenvalue weighted by atomic mass is 10.1. The van der Waals surface area contributed by atoms with Gasteiger partial charge in [0.1, 0.15) is 28.0 Å². The van der Waals surface area contributed by atoms with Crippen LogP contribution in [0.2, 0.25) is 5.15 Å². The van der Waals surface area contributed by atoms with Gasteiger partial charge in [0.05, 0.1) is 48.4 Å². The highest BCUT2D eigenvalue weighted by atomic mass is 35.5. The Morgan fingerprint density at radius 2 is 1.29 bits per heavy atom. The van der Waals surface area contributed by atoms with Crippen LogP contribution in [0.15, 0.2) is 120 Å². The number of aromatic amines is 1. The number of methoxy groups -OCH3 is 2. The number of H-pyrrole nitrogens is 1. The van der Waals surface area contributed by atoms with Crippen molar-refractivity contribution in [3.05, 3.63) is 148 Å². The minimum absolute atomic E-state index is 0.182. The van der Waals surface area contributed by atoms with Crippen LogP contribution in [0, 0.1) is 34.6 Å². The zero-order chi connectivity index (χ0) is 43.4. The maximum atomic E-state index is 13.9. The van der Waals surface area contributed by atoms with Crippen molar-refractivity contribution in [3.8, 4) is 34.3 Å². The third-order valence-electron chi connectivity index (χ3n) is 11.0. The zero-order valence-electron chi connectivity index (χ0n) is 35.0. The molecular formula is C47H42ClN9O4S. The molecule has 62 heavy (non-hydrogen) atoms. The van der Waals surface area contributed by atoms with E-state index >= 15 is 0 Å². The van der Waals surface area contributed by atoms with E-state index in [-0.39, 0.29) is 10.0 Å². The van der Waals surface area contributed by atoms with Crippen LogP contribution in [0.25, 0.3) is 55.9 Å². The van der Waals surface area contributed by atoms with Crippen LogP contribution in [-0.2, 0) is 10.0 Å². The first-order valence-electron chi connectivity index (χ1n) is 19.7. The fourth-order valence-electron chi connectivity index (χ4n) is 7.55. The molecule has 0 bridgehead atoms. The number of nitrogens with zero attached hydrogens (tertiary/aromatic N) is 7. The summed E-state index contributed by atoms with van der Waals surface area (Å²) >= 11 is 6.11. The molecule has 4 aromatic carbocycles. The highest BCUT2D eigenvalue weighted by Gasteiger charge is 2.27. The quantitative estimate of drug-likeness (QED) is 0.152. The molecule has 0 unspecified atom stereocenters. The van der Waals surface area contributed by atoms with Gasteiger partial charge in [-0.05, 0) is 130 Å². The summed E-state index contributed by atoms with van der Waals surface area (Å²) in [7, 11) is -0.699. The molecule has 0 aliphatic heterocycles. The van der Waals surface area contributed by atoms with Crippen LogP contribution in [0.3, 0.4) is 0 Å². The number of halogens is 1. The van der Waals surface area contributed by atoms with Crippen molar-refractivity contribution in [3.63, 3.8) is 0 Å². The highest BCUT2D eigenvalue weighted by Crippen LogP contribution is 2.36. The van der Waals surface area contributed by atoms with E-state index in [1.54, 1.807) is 67.4 Å². The normalized spacial score (nSPS) is 11.7. The number of imidazole rings is 2. The number of hydrogen-bond donors (Lipinski definition) is 2. The lowest BCUT2D eigenvalue weighted by Crippen LogP contribution is -2.15. The maximum Gasteiger partial charge on any atom is 0.268 e. The topological polar surface area (TPSA) is 146 Å². The number of aromatic nitrogens is 8. The molecular weight excluding hydrogens is 822 g/mol. The number of aryl methyl sites for hydroxylation is 5. The molecule has 0 saturated heterocycles. The Labute approximate surface area is 362 Å². The van der Waals surface area contributed by atoms with Gasteiger partial charge in [0.15, 0.2) is 17.1 Å². The molecule has 6 aromatic heterocycles. The molecule has 312 valence electrons. The van der Waals surface area contributed by atoms with Crippen molar-refractivity contribution in [2.45, 2.75) is 39.5 Å².